The minimum absolute atomic E-state index is 0.0102. The summed E-state index contributed by atoms with van der Waals surface area (Å²) in [5, 5.41) is 3.17. The molecule has 1 aliphatic rings. The smallest absolute Gasteiger partial charge is 0.244 e. The number of hydrogen-bond acceptors (Lipinski definition) is 2. The highest BCUT2D eigenvalue weighted by Gasteiger charge is 2.22. The fraction of sp³-hybridized carbons (Fsp3) is 0.286. The molecule has 1 atom stereocenters. The van der Waals surface area contributed by atoms with Crippen LogP contribution in [0.1, 0.15) is 17.2 Å². The molecule has 0 bridgehead atoms. The Labute approximate surface area is 163 Å². The second kappa shape index (κ2) is 9.67. The highest BCUT2D eigenvalue weighted by molar-refractivity contribution is 9.10. The first-order valence-corrected chi connectivity index (χ1v) is 9.70. The van der Waals surface area contributed by atoms with E-state index in [4.69, 9.17) is 4.74 Å². The summed E-state index contributed by atoms with van der Waals surface area (Å²) in [7, 11) is 0. The maximum Gasteiger partial charge on any atom is 0.244 e. The van der Waals surface area contributed by atoms with Gasteiger partial charge in [-0.15, -0.1) is 0 Å². The van der Waals surface area contributed by atoms with Gasteiger partial charge in [0, 0.05) is 10.5 Å². The molecule has 26 heavy (non-hydrogen) atoms. The number of halogens is 1. The van der Waals surface area contributed by atoms with Gasteiger partial charge in [0.05, 0.1) is 13.2 Å². The van der Waals surface area contributed by atoms with Crippen LogP contribution in [0.5, 0.6) is 0 Å². The Hall–Kier alpha value is -1.95. The van der Waals surface area contributed by atoms with Crippen LogP contribution in [0, 0.1) is 0 Å². The summed E-state index contributed by atoms with van der Waals surface area (Å²) in [6, 6.07) is 18.0. The number of benzene rings is 2. The molecule has 0 unspecified atom stereocenters. The van der Waals surface area contributed by atoms with E-state index in [-0.39, 0.29) is 11.9 Å². The Morgan fingerprint density at radius 1 is 1.15 bits per heavy atom. The van der Waals surface area contributed by atoms with Gasteiger partial charge >= 0.3 is 0 Å². The van der Waals surface area contributed by atoms with E-state index in [1.165, 1.54) is 4.90 Å². The first-order chi connectivity index (χ1) is 12.7. The normalized spacial score (nSPS) is 16.5. The number of amides is 1. The molecule has 0 aliphatic carbocycles. The maximum atomic E-state index is 12.5. The lowest BCUT2D eigenvalue weighted by molar-refractivity contribution is -0.909. The molecule has 1 amide bonds. The lowest BCUT2D eigenvalue weighted by Gasteiger charge is -2.28. The minimum atomic E-state index is -0.0773. The summed E-state index contributed by atoms with van der Waals surface area (Å²) in [6.07, 6.45) is 3.44. The number of nitrogens with one attached hydrogen (secondary N) is 2. The van der Waals surface area contributed by atoms with Crippen LogP contribution in [0.3, 0.4) is 0 Å². The Balaban J connectivity index is 1.67. The van der Waals surface area contributed by atoms with Crippen molar-refractivity contribution in [2.24, 2.45) is 0 Å². The molecule has 2 N–H and O–H groups in total. The summed E-state index contributed by atoms with van der Waals surface area (Å²) < 4.78 is 6.44. The van der Waals surface area contributed by atoms with Crippen molar-refractivity contribution in [2.75, 3.05) is 32.8 Å². The molecule has 2 aromatic carbocycles. The van der Waals surface area contributed by atoms with Crippen molar-refractivity contribution in [1.82, 2.24) is 5.32 Å². The Kier molecular flexibility index (Phi) is 7.00. The van der Waals surface area contributed by atoms with Crippen LogP contribution in [0.25, 0.3) is 6.08 Å². The SMILES string of the molecule is O=C(/C=C/c1cccc(Br)c1)N[C@H](C[NH+]1CCOCC1)c1ccccc1. The van der Waals surface area contributed by atoms with Crippen LogP contribution in [0.2, 0.25) is 0 Å². The summed E-state index contributed by atoms with van der Waals surface area (Å²) >= 11 is 3.45. The minimum Gasteiger partial charge on any atom is -0.370 e. The van der Waals surface area contributed by atoms with Gasteiger partial charge < -0.3 is 15.0 Å². The number of carbonyl (C=O) groups is 1. The third kappa shape index (κ3) is 5.80. The third-order valence-corrected chi connectivity index (χ3v) is 4.98. The molecule has 1 aliphatic heterocycles. The van der Waals surface area contributed by atoms with Crippen molar-refractivity contribution in [2.45, 2.75) is 6.04 Å². The van der Waals surface area contributed by atoms with Crippen LogP contribution >= 0.6 is 15.9 Å². The maximum absolute atomic E-state index is 12.5. The summed E-state index contributed by atoms with van der Waals surface area (Å²) in [5.41, 5.74) is 2.13. The highest BCUT2D eigenvalue weighted by atomic mass is 79.9. The van der Waals surface area contributed by atoms with Crippen LogP contribution in [-0.2, 0) is 9.53 Å². The number of rotatable bonds is 6. The lowest BCUT2D eigenvalue weighted by atomic mass is 10.1. The molecule has 1 heterocycles. The van der Waals surface area contributed by atoms with Gasteiger partial charge in [-0.3, -0.25) is 4.79 Å². The molecule has 0 radical (unpaired) electrons. The molecule has 0 aromatic heterocycles. The van der Waals surface area contributed by atoms with Crippen molar-refractivity contribution >= 4 is 27.9 Å². The molecule has 2 aromatic rings. The number of morpholine rings is 1. The van der Waals surface area contributed by atoms with E-state index >= 15 is 0 Å². The molecule has 1 saturated heterocycles. The lowest BCUT2D eigenvalue weighted by Crippen LogP contribution is -3.14. The standard InChI is InChI=1S/C21H23BrN2O2/c22-19-8-4-5-17(15-19)9-10-21(25)23-20(18-6-2-1-3-7-18)16-24-11-13-26-14-12-24/h1-10,15,20H,11-14,16H2,(H,23,25)/p+1/b10-9+/t20-/m1/s1. The number of hydrogen-bond donors (Lipinski definition) is 2. The Morgan fingerprint density at radius 3 is 2.65 bits per heavy atom. The fourth-order valence-corrected chi connectivity index (χ4v) is 3.51. The van der Waals surface area contributed by atoms with Crippen LogP contribution < -0.4 is 10.2 Å². The van der Waals surface area contributed by atoms with Crippen LogP contribution in [0.4, 0.5) is 0 Å². The van der Waals surface area contributed by atoms with Crippen LogP contribution in [-0.4, -0.2) is 38.8 Å². The molecule has 3 rings (SSSR count). The zero-order valence-electron chi connectivity index (χ0n) is 14.7. The van der Waals surface area contributed by atoms with E-state index in [1.54, 1.807) is 6.08 Å². The molecular weight excluding hydrogens is 392 g/mol. The molecule has 1 fully saturated rings. The molecule has 4 nitrogen and oxygen atoms in total. The molecule has 5 heteroatoms. The summed E-state index contributed by atoms with van der Waals surface area (Å²) in [5.74, 6) is -0.0773. The molecule has 136 valence electrons. The van der Waals surface area contributed by atoms with E-state index in [1.807, 2.05) is 48.5 Å². The average molecular weight is 416 g/mol. The predicted octanol–water partition coefficient (Wildman–Crippen LogP) is 2.23. The predicted molar refractivity (Wildman–Crippen MR) is 107 cm³/mol. The Morgan fingerprint density at radius 2 is 1.92 bits per heavy atom. The van der Waals surface area contributed by atoms with Gasteiger partial charge in [-0.1, -0.05) is 58.4 Å². The van der Waals surface area contributed by atoms with E-state index in [0.717, 1.165) is 48.4 Å². The third-order valence-electron chi connectivity index (χ3n) is 4.49. The highest BCUT2D eigenvalue weighted by Crippen LogP contribution is 2.13. The fourth-order valence-electron chi connectivity index (χ4n) is 3.09. The monoisotopic (exact) mass is 415 g/mol. The summed E-state index contributed by atoms with van der Waals surface area (Å²) in [6.45, 7) is 4.39. The van der Waals surface area contributed by atoms with Gasteiger partial charge in [-0.2, -0.15) is 0 Å². The number of quaternary nitrogens is 1. The van der Waals surface area contributed by atoms with Gasteiger partial charge in [0.25, 0.3) is 0 Å². The number of carbonyl (C=O) groups excluding carboxylic acids is 1. The first kappa shape index (κ1) is 18.8. The van der Waals surface area contributed by atoms with Crippen LogP contribution in [0.15, 0.2) is 65.1 Å². The second-order valence-electron chi connectivity index (χ2n) is 6.43. The van der Waals surface area contributed by atoms with Crippen molar-refractivity contribution in [3.8, 4) is 0 Å². The van der Waals surface area contributed by atoms with E-state index in [9.17, 15) is 4.79 Å². The van der Waals surface area contributed by atoms with Crippen molar-refractivity contribution < 1.29 is 14.4 Å². The molecular formula is C21H24BrN2O2+. The zero-order chi connectivity index (χ0) is 18.2. The first-order valence-electron chi connectivity index (χ1n) is 8.91. The van der Waals surface area contributed by atoms with Crippen molar-refractivity contribution in [3.63, 3.8) is 0 Å². The van der Waals surface area contributed by atoms with Crippen molar-refractivity contribution in [1.29, 1.82) is 0 Å². The summed E-state index contributed by atoms with van der Waals surface area (Å²) in [4.78, 5) is 13.9. The largest absolute Gasteiger partial charge is 0.370 e. The average Bonchev–Trinajstić information content (AvgIpc) is 2.67. The van der Waals surface area contributed by atoms with E-state index in [2.05, 4.69) is 33.4 Å². The topological polar surface area (TPSA) is 42.8 Å². The van der Waals surface area contributed by atoms with Gasteiger partial charge in [0.15, 0.2) is 0 Å². The Bertz CT molecular complexity index is 743. The van der Waals surface area contributed by atoms with Gasteiger partial charge in [-0.05, 0) is 29.3 Å². The molecule has 0 saturated carbocycles. The zero-order valence-corrected chi connectivity index (χ0v) is 16.2. The van der Waals surface area contributed by atoms with Crippen molar-refractivity contribution in [3.05, 3.63) is 76.3 Å². The number of ether oxygens (including phenoxy) is 1. The molecule has 0 spiro atoms. The quantitative estimate of drug-likeness (QED) is 0.710. The van der Waals surface area contributed by atoms with Gasteiger partial charge in [0.2, 0.25) is 5.91 Å². The van der Waals surface area contributed by atoms with E-state index < -0.39 is 0 Å². The van der Waals surface area contributed by atoms with E-state index in [0.29, 0.717) is 0 Å². The second-order valence-corrected chi connectivity index (χ2v) is 7.34. The van der Waals surface area contributed by atoms with Gasteiger partial charge in [-0.25, -0.2) is 0 Å². The van der Waals surface area contributed by atoms with Gasteiger partial charge in [0.1, 0.15) is 25.7 Å².